The molecule has 6 nitrogen and oxygen atoms in total. The van der Waals surface area contributed by atoms with Crippen LogP contribution in [0.25, 0.3) is 0 Å². The molecule has 0 atom stereocenters. The molecular formula is C22H22N3O3+. The van der Waals surface area contributed by atoms with E-state index in [0.717, 1.165) is 11.1 Å². The first-order chi connectivity index (χ1) is 13.5. The SMILES string of the molecule is Cc1ccc(C(=O)NCCc2cccc(Oc3cc[nH+]c(C(N)=O)c3)c2)cc1. The maximum Gasteiger partial charge on any atom is 0.313 e. The zero-order chi connectivity index (χ0) is 19.9. The molecule has 4 N–H and O–H groups in total. The van der Waals surface area contributed by atoms with Crippen molar-refractivity contribution in [3.8, 4) is 11.5 Å². The van der Waals surface area contributed by atoms with Gasteiger partial charge in [-0.05, 0) is 43.2 Å². The molecule has 0 saturated heterocycles. The number of nitrogens with two attached hydrogens (primary N) is 1. The molecule has 0 bridgehead atoms. The number of benzene rings is 2. The lowest BCUT2D eigenvalue weighted by molar-refractivity contribution is -0.382. The summed E-state index contributed by atoms with van der Waals surface area (Å²) in [5.41, 5.74) is 8.33. The first kappa shape index (κ1) is 19.1. The molecule has 0 saturated carbocycles. The Morgan fingerprint density at radius 2 is 1.79 bits per heavy atom. The molecule has 0 spiro atoms. The Bertz CT molecular complexity index is 984. The Balaban J connectivity index is 1.57. The number of aryl methyl sites for hydroxylation is 1. The molecule has 0 aliphatic heterocycles. The largest absolute Gasteiger partial charge is 0.457 e. The number of carbonyl (C=O) groups is 2. The number of nitrogens with one attached hydrogen (secondary N) is 2. The Morgan fingerprint density at radius 1 is 1.04 bits per heavy atom. The normalized spacial score (nSPS) is 10.3. The van der Waals surface area contributed by atoms with Gasteiger partial charge >= 0.3 is 5.91 Å². The molecular weight excluding hydrogens is 354 g/mol. The number of carbonyl (C=O) groups excluding carboxylic acids is 2. The molecule has 0 aliphatic carbocycles. The van der Waals surface area contributed by atoms with E-state index < -0.39 is 5.91 Å². The van der Waals surface area contributed by atoms with Crippen LogP contribution < -0.4 is 20.8 Å². The lowest BCUT2D eigenvalue weighted by Gasteiger charge is -2.08. The maximum atomic E-state index is 12.2. The van der Waals surface area contributed by atoms with Gasteiger partial charge in [-0.15, -0.1) is 0 Å². The second-order valence-corrected chi connectivity index (χ2v) is 6.42. The van der Waals surface area contributed by atoms with Crippen molar-refractivity contribution in [1.82, 2.24) is 5.32 Å². The lowest BCUT2D eigenvalue weighted by atomic mass is 10.1. The highest BCUT2D eigenvalue weighted by atomic mass is 16.5. The van der Waals surface area contributed by atoms with Crippen LogP contribution in [0.15, 0.2) is 66.9 Å². The van der Waals surface area contributed by atoms with Crippen LogP contribution in [0.1, 0.15) is 32.0 Å². The number of aromatic amines is 1. The van der Waals surface area contributed by atoms with Crippen molar-refractivity contribution in [2.75, 3.05) is 6.54 Å². The van der Waals surface area contributed by atoms with Gasteiger partial charge in [-0.2, -0.15) is 0 Å². The molecule has 0 unspecified atom stereocenters. The Hall–Kier alpha value is -3.67. The number of aromatic nitrogens is 1. The number of H-pyrrole nitrogens is 1. The third kappa shape index (κ3) is 5.17. The van der Waals surface area contributed by atoms with E-state index in [-0.39, 0.29) is 11.6 Å². The molecule has 28 heavy (non-hydrogen) atoms. The van der Waals surface area contributed by atoms with Gasteiger partial charge in [0, 0.05) is 18.2 Å². The smallest absolute Gasteiger partial charge is 0.313 e. The molecule has 6 heteroatoms. The monoisotopic (exact) mass is 376 g/mol. The van der Waals surface area contributed by atoms with E-state index in [9.17, 15) is 9.59 Å². The van der Waals surface area contributed by atoms with E-state index in [2.05, 4.69) is 10.3 Å². The van der Waals surface area contributed by atoms with Gasteiger partial charge in [0.15, 0.2) is 6.20 Å². The van der Waals surface area contributed by atoms with Gasteiger partial charge in [0.2, 0.25) is 0 Å². The molecule has 3 aromatic rings. The fourth-order valence-electron chi connectivity index (χ4n) is 2.68. The number of ether oxygens (including phenoxy) is 1. The van der Waals surface area contributed by atoms with Crippen molar-refractivity contribution in [2.24, 2.45) is 5.73 Å². The highest BCUT2D eigenvalue weighted by molar-refractivity contribution is 5.94. The zero-order valence-corrected chi connectivity index (χ0v) is 15.6. The van der Waals surface area contributed by atoms with Crippen molar-refractivity contribution in [3.63, 3.8) is 0 Å². The van der Waals surface area contributed by atoms with Gasteiger partial charge in [0.1, 0.15) is 11.5 Å². The van der Waals surface area contributed by atoms with Crippen molar-refractivity contribution in [3.05, 3.63) is 89.2 Å². The number of hydrogen-bond acceptors (Lipinski definition) is 3. The first-order valence-corrected chi connectivity index (χ1v) is 8.94. The van der Waals surface area contributed by atoms with Crippen molar-refractivity contribution < 1.29 is 19.3 Å². The maximum absolute atomic E-state index is 12.2. The number of pyridine rings is 1. The standard InChI is InChI=1S/C22H21N3O3/c1-15-5-7-17(8-6-15)22(27)25-11-9-16-3-2-4-18(13-16)28-19-10-12-24-20(14-19)21(23)26/h2-8,10,12-14H,9,11H2,1H3,(H2,23,26)(H,25,27)/p+1. The van der Waals surface area contributed by atoms with Crippen LogP contribution in [0, 0.1) is 6.92 Å². The second kappa shape index (κ2) is 8.81. The number of hydrogen-bond donors (Lipinski definition) is 2. The summed E-state index contributed by atoms with van der Waals surface area (Å²) in [6.07, 6.45) is 2.27. The Morgan fingerprint density at radius 3 is 2.54 bits per heavy atom. The fourth-order valence-corrected chi connectivity index (χ4v) is 2.68. The lowest BCUT2D eigenvalue weighted by Crippen LogP contribution is -2.25. The van der Waals surface area contributed by atoms with Gasteiger partial charge in [-0.1, -0.05) is 29.8 Å². The second-order valence-electron chi connectivity index (χ2n) is 6.42. The van der Waals surface area contributed by atoms with Crippen LogP contribution in [-0.4, -0.2) is 18.4 Å². The Kier molecular flexibility index (Phi) is 6.01. The van der Waals surface area contributed by atoms with E-state index in [1.165, 1.54) is 0 Å². The molecule has 0 fully saturated rings. The summed E-state index contributed by atoms with van der Waals surface area (Å²) in [5.74, 6) is 0.511. The minimum Gasteiger partial charge on any atom is -0.457 e. The molecule has 1 aromatic heterocycles. The number of rotatable bonds is 7. The van der Waals surface area contributed by atoms with Gasteiger partial charge < -0.3 is 15.8 Å². The van der Waals surface area contributed by atoms with Gasteiger partial charge in [-0.25, -0.2) is 4.98 Å². The van der Waals surface area contributed by atoms with E-state index in [1.54, 1.807) is 18.3 Å². The summed E-state index contributed by atoms with van der Waals surface area (Å²) in [7, 11) is 0. The molecule has 1 heterocycles. The summed E-state index contributed by atoms with van der Waals surface area (Å²) < 4.78 is 5.80. The topological polar surface area (TPSA) is 95.6 Å². The van der Waals surface area contributed by atoms with Gasteiger partial charge in [-0.3, -0.25) is 9.59 Å². The number of primary amides is 1. The van der Waals surface area contributed by atoms with Crippen molar-refractivity contribution in [2.45, 2.75) is 13.3 Å². The quantitative estimate of drug-likeness (QED) is 0.664. The summed E-state index contributed by atoms with van der Waals surface area (Å²) >= 11 is 0. The van der Waals surface area contributed by atoms with Crippen molar-refractivity contribution in [1.29, 1.82) is 0 Å². The van der Waals surface area contributed by atoms with Crippen LogP contribution in [-0.2, 0) is 6.42 Å². The van der Waals surface area contributed by atoms with Crippen molar-refractivity contribution >= 4 is 11.8 Å². The summed E-state index contributed by atoms with van der Waals surface area (Å²) in [6.45, 7) is 2.50. The Labute approximate surface area is 163 Å². The minimum absolute atomic E-state index is 0.0908. The van der Waals surface area contributed by atoms with E-state index in [4.69, 9.17) is 10.5 Å². The molecule has 2 amide bonds. The van der Waals surface area contributed by atoms with Crippen LogP contribution in [0.2, 0.25) is 0 Å². The van der Waals surface area contributed by atoms with Gasteiger partial charge in [0.25, 0.3) is 11.6 Å². The molecule has 3 rings (SSSR count). The average Bonchev–Trinajstić information content (AvgIpc) is 2.69. The van der Waals surface area contributed by atoms with E-state index >= 15 is 0 Å². The predicted molar refractivity (Wildman–Crippen MR) is 105 cm³/mol. The highest BCUT2D eigenvalue weighted by Gasteiger charge is 2.10. The third-order valence-electron chi connectivity index (χ3n) is 4.19. The summed E-state index contributed by atoms with van der Waals surface area (Å²) in [4.78, 5) is 26.2. The first-order valence-electron chi connectivity index (χ1n) is 8.94. The van der Waals surface area contributed by atoms with Crippen LogP contribution in [0.4, 0.5) is 0 Å². The van der Waals surface area contributed by atoms with E-state index in [0.29, 0.717) is 30.0 Å². The van der Waals surface area contributed by atoms with E-state index in [1.807, 2.05) is 55.5 Å². The summed E-state index contributed by atoms with van der Waals surface area (Å²) in [5, 5.41) is 2.92. The van der Waals surface area contributed by atoms with Crippen LogP contribution in [0.5, 0.6) is 11.5 Å². The molecule has 0 radical (unpaired) electrons. The fraction of sp³-hybridized carbons (Fsp3) is 0.136. The third-order valence-corrected chi connectivity index (χ3v) is 4.19. The summed E-state index contributed by atoms with van der Waals surface area (Å²) in [6, 6.07) is 18.3. The van der Waals surface area contributed by atoms with Gasteiger partial charge in [0.05, 0.1) is 6.07 Å². The molecule has 0 aliphatic rings. The zero-order valence-electron chi connectivity index (χ0n) is 15.6. The molecule has 2 aromatic carbocycles. The average molecular weight is 376 g/mol. The molecule has 142 valence electrons. The minimum atomic E-state index is -0.552. The number of amides is 2. The van der Waals surface area contributed by atoms with Crippen LogP contribution in [0.3, 0.4) is 0 Å². The highest BCUT2D eigenvalue weighted by Crippen LogP contribution is 2.22. The van der Waals surface area contributed by atoms with Crippen LogP contribution >= 0.6 is 0 Å². The predicted octanol–water partition coefficient (Wildman–Crippen LogP) is 2.67.